The average Bonchev–Trinajstić information content (AvgIpc) is 2.85. The van der Waals surface area contributed by atoms with Crippen molar-refractivity contribution in [2.75, 3.05) is 5.32 Å². The Kier molecular flexibility index (Phi) is 3.73. The van der Waals surface area contributed by atoms with Gasteiger partial charge in [0.25, 0.3) is 0 Å². The maximum Gasteiger partial charge on any atom is 0.193 e. The molecule has 1 aliphatic carbocycles. The van der Waals surface area contributed by atoms with Crippen molar-refractivity contribution >= 4 is 28.9 Å². The number of carbonyl (C=O) groups excluding carboxylic acids is 1. The third-order valence-electron chi connectivity index (χ3n) is 5.33. The number of hydrogen-bond donors (Lipinski definition) is 1. The second-order valence-corrected chi connectivity index (χ2v) is 8.29. The minimum Gasteiger partial charge on any atom is -0.354 e. The predicted octanol–water partition coefficient (Wildman–Crippen LogP) is 6.17. The third kappa shape index (κ3) is 2.54. The Morgan fingerprint density at radius 3 is 2.48 bits per heavy atom. The molecular formula is C24H19NOS. The first-order chi connectivity index (χ1) is 13.1. The highest BCUT2D eigenvalue weighted by Gasteiger charge is 2.38. The molecule has 0 amide bonds. The van der Waals surface area contributed by atoms with Crippen LogP contribution < -0.4 is 5.32 Å². The van der Waals surface area contributed by atoms with Crippen molar-refractivity contribution in [2.24, 2.45) is 0 Å². The minimum absolute atomic E-state index is 0.0315. The molecule has 1 aliphatic heterocycles. The van der Waals surface area contributed by atoms with Crippen molar-refractivity contribution in [3.05, 3.63) is 100 Å². The maximum absolute atomic E-state index is 13.4. The standard InChI is InChI=1S/C24H19NOS/c1-14-11-12-15(2)18(13-14)24-21-22(16-7-3-4-8-17(16)23(21)26)25-19-9-5-6-10-20(19)27-24/h3-13,24-25H,1-2H3/t24-/m1/s1. The summed E-state index contributed by atoms with van der Waals surface area (Å²) in [6.07, 6.45) is 0. The number of thioether (sulfide) groups is 1. The van der Waals surface area contributed by atoms with E-state index >= 15 is 0 Å². The van der Waals surface area contributed by atoms with Gasteiger partial charge in [0.1, 0.15) is 0 Å². The molecule has 5 rings (SSSR count). The molecule has 1 N–H and O–H groups in total. The molecule has 3 aromatic carbocycles. The number of carbonyl (C=O) groups is 1. The van der Waals surface area contributed by atoms with Crippen molar-refractivity contribution in [3.8, 4) is 0 Å². The summed E-state index contributed by atoms with van der Waals surface area (Å²) in [5.74, 6) is 0.138. The lowest BCUT2D eigenvalue weighted by Crippen LogP contribution is -2.09. The molecule has 1 atom stereocenters. The molecule has 132 valence electrons. The highest BCUT2D eigenvalue weighted by molar-refractivity contribution is 8.00. The van der Waals surface area contributed by atoms with Crippen LogP contribution in [0.15, 0.2) is 77.2 Å². The lowest BCUT2D eigenvalue weighted by Gasteiger charge is -2.20. The Bertz CT molecular complexity index is 1130. The van der Waals surface area contributed by atoms with E-state index in [0.717, 1.165) is 28.1 Å². The summed E-state index contributed by atoms with van der Waals surface area (Å²) in [4.78, 5) is 14.6. The van der Waals surface area contributed by atoms with E-state index in [0.29, 0.717) is 0 Å². The minimum atomic E-state index is -0.0315. The monoisotopic (exact) mass is 369 g/mol. The zero-order chi connectivity index (χ0) is 18.5. The van der Waals surface area contributed by atoms with Gasteiger partial charge >= 0.3 is 0 Å². The number of ketones is 1. The van der Waals surface area contributed by atoms with Gasteiger partial charge in [0.05, 0.1) is 16.6 Å². The van der Waals surface area contributed by atoms with Gasteiger partial charge in [-0.15, -0.1) is 11.8 Å². The van der Waals surface area contributed by atoms with E-state index in [4.69, 9.17) is 0 Å². The Morgan fingerprint density at radius 1 is 0.889 bits per heavy atom. The topological polar surface area (TPSA) is 29.1 Å². The fourth-order valence-corrected chi connectivity index (χ4v) is 5.32. The fraction of sp³-hybridized carbons (Fsp3) is 0.125. The van der Waals surface area contributed by atoms with Crippen molar-refractivity contribution in [3.63, 3.8) is 0 Å². The first-order valence-electron chi connectivity index (χ1n) is 9.11. The second-order valence-electron chi connectivity index (χ2n) is 7.14. The van der Waals surface area contributed by atoms with Gasteiger partial charge in [0.15, 0.2) is 5.78 Å². The van der Waals surface area contributed by atoms with E-state index in [1.54, 1.807) is 11.8 Å². The first kappa shape index (κ1) is 16.4. The van der Waals surface area contributed by atoms with Crippen LogP contribution in [0.1, 0.15) is 37.9 Å². The van der Waals surface area contributed by atoms with Crippen LogP contribution in [0.25, 0.3) is 5.70 Å². The van der Waals surface area contributed by atoms with Gasteiger partial charge in [-0.25, -0.2) is 0 Å². The molecule has 2 nitrogen and oxygen atoms in total. The Labute approximate surface area is 163 Å². The van der Waals surface area contributed by atoms with Gasteiger partial charge in [-0.3, -0.25) is 4.79 Å². The number of nitrogens with one attached hydrogen (secondary N) is 1. The fourth-order valence-electron chi connectivity index (χ4n) is 3.94. The highest BCUT2D eigenvalue weighted by Crippen LogP contribution is 2.52. The second kappa shape index (κ2) is 6.14. The molecule has 0 unspecified atom stereocenters. The number of fused-ring (bicyclic) bond motifs is 3. The van der Waals surface area contributed by atoms with Crippen LogP contribution in [0.3, 0.4) is 0 Å². The summed E-state index contributed by atoms with van der Waals surface area (Å²) in [6.45, 7) is 4.24. The molecule has 0 saturated carbocycles. The summed E-state index contributed by atoms with van der Waals surface area (Å²) in [7, 11) is 0. The molecule has 1 heterocycles. The van der Waals surface area contributed by atoms with Crippen LogP contribution in [0.5, 0.6) is 0 Å². The number of Topliss-reactive ketones (excluding diaryl/α,β-unsaturated/α-hetero) is 1. The van der Waals surface area contributed by atoms with Crippen molar-refractivity contribution in [1.82, 2.24) is 0 Å². The van der Waals surface area contributed by atoms with Crippen LogP contribution in [-0.2, 0) is 0 Å². The van der Waals surface area contributed by atoms with E-state index in [9.17, 15) is 4.79 Å². The Balaban J connectivity index is 1.78. The third-order valence-corrected chi connectivity index (χ3v) is 6.66. The molecule has 0 spiro atoms. The number of para-hydroxylation sites is 1. The number of hydrogen-bond acceptors (Lipinski definition) is 3. The molecule has 0 fully saturated rings. The molecule has 0 radical (unpaired) electrons. The van der Waals surface area contributed by atoms with Crippen LogP contribution in [0.4, 0.5) is 5.69 Å². The summed E-state index contributed by atoms with van der Waals surface area (Å²) in [5.41, 5.74) is 8.33. The van der Waals surface area contributed by atoms with Crippen LogP contribution in [0.2, 0.25) is 0 Å². The zero-order valence-corrected chi connectivity index (χ0v) is 16.1. The van der Waals surface area contributed by atoms with Gasteiger partial charge in [0, 0.05) is 21.6 Å². The van der Waals surface area contributed by atoms with Crippen LogP contribution in [0, 0.1) is 13.8 Å². The molecule has 27 heavy (non-hydrogen) atoms. The Morgan fingerprint density at radius 2 is 1.63 bits per heavy atom. The summed E-state index contributed by atoms with van der Waals surface area (Å²) in [5, 5.41) is 3.55. The van der Waals surface area contributed by atoms with Gasteiger partial charge in [-0.1, -0.05) is 60.2 Å². The smallest absolute Gasteiger partial charge is 0.193 e. The number of aryl methyl sites for hydroxylation is 2. The maximum atomic E-state index is 13.4. The number of benzene rings is 3. The molecule has 0 saturated heterocycles. The van der Waals surface area contributed by atoms with E-state index in [-0.39, 0.29) is 11.0 Å². The van der Waals surface area contributed by atoms with E-state index in [1.165, 1.54) is 21.6 Å². The van der Waals surface area contributed by atoms with Crippen LogP contribution >= 0.6 is 11.8 Å². The molecular weight excluding hydrogens is 350 g/mol. The number of rotatable bonds is 1. The molecule has 0 aromatic heterocycles. The zero-order valence-electron chi connectivity index (χ0n) is 15.2. The van der Waals surface area contributed by atoms with Gasteiger partial charge < -0.3 is 5.32 Å². The summed E-state index contributed by atoms with van der Waals surface area (Å²) < 4.78 is 0. The van der Waals surface area contributed by atoms with Crippen molar-refractivity contribution < 1.29 is 4.79 Å². The lowest BCUT2D eigenvalue weighted by molar-refractivity contribution is 0.103. The van der Waals surface area contributed by atoms with E-state index < -0.39 is 0 Å². The molecule has 0 bridgehead atoms. The predicted molar refractivity (Wildman–Crippen MR) is 112 cm³/mol. The normalized spacial score (nSPS) is 17.7. The molecule has 3 heteroatoms. The highest BCUT2D eigenvalue weighted by atomic mass is 32.2. The van der Waals surface area contributed by atoms with Gasteiger partial charge in [-0.2, -0.15) is 0 Å². The molecule has 2 aliphatic rings. The quantitative estimate of drug-likeness (QED) is 0.556. The first-order valence-corrected chi connectivity index (χ1v) is 9.99. The summed E-state index contributed by atoms with van der Waals surface area (Å²) in [6, 6.07) is 22.7. The Hall–Kier alpha value is -2.78. The summed E-state index contributed by atoms with van der Waals surface area (Å²) >= 11 is 1.76. The average molecular weight is 369 g/mol. The van der Waals surface area contributed by atoms with Gasteiger partial charge in [-0.05, 0) is 37.1 Å². The number of anilines is 1. The van der Waals surface area contributed by atoms with Crippen molar-refractivity contribution in [1.29, 1.82) is 0 Å². The van der Waals surface area contributed by atoms with E-state index in [2.05, 4.69) is 55.6 Å². The van der Waals surface area contributed by atoms with E-state index in [1.807, 2.05) is 30.3 Å². The largest absolute Gasteiger partial charge is 0.354 e. The lowest BCUT2D eigenvalue weighted by atomic mass is 9.96. The van der Waals surface area contributed by atoms with Crippen molar-refractivity contribution in [2.45, 2.75) is 24.0 Å². The SMILES string of the molecule is Cc1ccc(C)c([C@H]2Sc3ccccc3NC3=C2C(=O)c2ccccc23)c1. The van der Waals surface area contributed by atoms with Gasteiger partial charge in [0.2, 0.25) is 0 Å². The molecule has 3 aromatic rings. The van der Waals surface area contributed by atoms with Crippen LogP contribution in [-0.4, -0.2) is 5.78 Å².